The maximum Gasteiger partial charge on any atom is 0.185 e. The van der Waals surface area contributed by atoms with E-state index in [1.54, 1.807) is 125 Å². The van der Waals surface area contributed by atoms with Crippen LogP contribution >= 0.6 is 0 Å². The number of hydrogen-bond acceptors (Lipinski definition) is 16. The van der Waals surface area contributed by atoms with Crippen LogP contribution in [0.2, 0.25) is 0 Å². The quantitative estimate of drug-likeness (QED) is 0.128. The van der Waals surface area contributed by atoms with Crippen molar-refractivity contribution in [2.45, 2.75) is 96.9 Å². The van der Waals surface area contributed by atoms with E-state index in [1.165, 1.54) is 30.3 Å². The van der Waals surface area contributed by atoms with E-state index in [0.29, 0.717) is 101 Å². The maximum absolute atomic E-state index is 12.5. The lowest BCUT2D eigenvalue weighted by Crippen LogP contribution is -2.23. The van der Waals surface area contributed by atoms with E-state index in [4.69, 9.17) is 17.7 Å². The van der Waals surface area contributed by atoms with Crippen molar-refractivity contribution in [3.8, 4) is 89.8 Å². The predicted molar refractivity (Wildman–Crippen MR) is 422 cm³/mol. The molecule has 110 heavy (non-hydrogen) atoms. The number of benzene rings is 12. The third-order valence-electron chi connectivity index (χ3n) is 21.1. The fraction of sp³-hybridized carbons (Fsp3) is 0.149. The van der Waals surface area contributed by atoms with Crippen LogP contribution in [0, 0.1) is 96.9 Å². The van der Waals surface area contributed by atoms with E-state index in [-0.39, 0.29) is 44.0 Å². The van der Waals surface area contributed by atoms with Crippen molar-refractivity contribution < 1.29 is 57.3 Å². The molecule has 4 aliphatic heterocycles. The summed E-state index contributed by atoms with van der Waals surface area (Å²) < 4.78 is 24.8. The number of aryl methyl sites for hydroxylation is 10. The van der Waals surface area contributed by atoms with Crippen LogP contribution in [0.4, 0.5) is 0 Å². The Bertz CT molecular complexity index is 6690. The Morgan fingerprint density at radius 2 is 0.600 bits per heavy atom. The van der Waals surface area contributed by atoms with Gasteiger partial charge in [0, 0.05) is 111 Å². The summed E-state index contributed by atoms with van der Waals surface area (Å²) >= 11 is 0. The molecule has 8 aliphatic rings. The molecular formula is C94H72O16-4. The Morgan fingerprint density at radius 1 is 0.255 bits per heavy atom. The zero-order valence-electron chi connectivity index (χ0n) is 62.9. The van der Waals surface area contributed by atoms with E-state index in [1.807, 2.05) is 118 Å². The van der Waals surface area contributed by atoms with E-state index in [2.05, 4.69) is 6.07 Å². The van der Waals surface area contributed by atoms with Crippen molar-refractivity contribution in [2.24, 2.45) is 0 Å². The molecule has 0 saturated heterocycles. The first-order valence-corrected chi connectivity index (χ1v) is 35.5. The number of hydrogen-bond donors (Lipinski definition) is 0. The molecule has 16 heteroatoms. The van der Waals surface area contributed by atoms with E-state index in [0.717, 1.165) is 111 Å². The molecule has 4 heterocycles. The molecule has 0 N–H and O–H groups in total. The summed E-state index contributed by atoms with van der Waals surface area (Å²) in [5, 5.41) is 50.3. The van der Waals surface area contributed by atoms with Gasteiger partial charge in [0.2, 0.25) is 0 Å². The molecule has 548 valence electrons. The van der Waals surface area contributed by atoms with Gasteiger partial charge in [-0.05, 0) is 217 Å². The number of carbonyl (C=O) groups is 4. The minimum absolute atomic E-state index is 0.0979. The molecular weight excluding hydrogens is 1390 g/mol. The smallest absolute Gasteiger partial charge is 0.185 e. The Morgan fingerprint density at radius 3 is 1.05 bits per heavy atom. The zero-order chi connectivity index (χ0) is 78.9. The highest BCUT2D eigenvalue weighted by atomic mass is 16.4. The third-order valence-corrected chi connectivity index (χ3v) is 21.1. The zero-order valence-corrected chi connectivity index (χ0v) is 62.9. The molecule has 8 aromatic carbocycles. The molecule has 8 aromatic rings. The van der Waals surface area contributed by atoms with Gasteiger partial charge in [0.1, 0.15) is 45.4 Å². The summed E-state index contributed by atoms with van der Waals surface area (Å²) in [6, 6.07) is 52.3. The van der Waals surface area contributed by atoms with Gasteiger partial charge in [0.05, 0.1) is 23.9 Å². The van der Waals surface area contributed by atoms with Crippen LogP contribution < -0.4 is 42.1 Å². The Hall–Kier alpha value is -13.6. The van der Waals surface area contributed by atoms with Crippen LogP contribution in [0.15, 0.2) is 219 Å². The van der Waals surface area contributed by atoms with Gasteiger partial charge in [-0.3, -0.25) is 19.2 Å². The minimum atomic E-state index is -1.24. The van der Waals surface area contributed by atoms with Crippen LogP contribution in [0.1, 0.15) is 119 Å². The number of fused-ring (bicyclic) bond motifs is 8. The van der Waals surface area contributed by atoms with Crippen LogP contribution in [-0.4, -0.2) is 23.9 Å². The van der Waals surface area contributed by atoms with Crippen molar-refractivity contribution in [1.29, 1.82) is 0 Å². The van der Waals surface area contributed by atoms with E-state index in [9.17, 15) is 58.8 Å². The van der Waals surface area contributed by atoms with Crippen LogP contribution in [-0.2, 0) is 0 Å². The molecule has 0 saturated carbocycles. The topological polar surface area (TPSA) is 281 Å². The van der Waals surface area contributed by atoms with Crippen molar-refractivity contribution >= 4 is 67.8 Å². The molecule has 0 amide bonds. The molecule has 16 rings (SSSR count). The minimum Gasteiger partial charge on any atom is -0.545 e. The number of carbonyl (C=O) groups excluding carboxylic acids is 4. The van der Waals surface area contributed by atoms with Crippen LogP contribution in [0.25, 0.3) is 134 Å². The monoisotopic (exact) mass is 1460 g/mol. The van der Waals surface area contributed by atoms with Gasteiger partial charge in [-0.15, -0.1) is 0 Å². The summed E-state index contributed by atoms with van der Waals surface area (Å²) in [5.41, 5.74) is 22.3. The second kappa shape index (κ2) is 29.3. The number of aromatic carboxylic acids is 4. The molecule has 0 bridgehead atoms. The first-order chi connectivity index (χ1) is 52.4. The molecule has 4 aliphatic carbocycles. The highest BCUT2D eigenvalue weighted by molar-refractivity contribution is 6.13. The van der Waals surface area contributed by atoms with E-state index < -0.39 is 23.9 Å². The molecule has 0 radical (unpaired) electrons. The van der Waals surface area contributed by atoms with Crippen molar-refractivity contribution in [3.63, 3.8) is 0 Å². The summed E-state index contributed by atoms with van der Waals surface area (Å²) in [5.74, 6) is -3.02. The SMILES string of the molecule is Cc1cc(=O)c(C)c2oc3c(C)c(C)cc(C)c3c(-c3ccccc3C(=O)[O-])c1-2.Cc1cc(=O)c(C)c2oc3c(C)c(C)ccc3c(-c3ccccc3C(=O)[O-])c1-2.Cc1ccc2c(-c3ccccc3C(=O)[O-])c3ccc(=O)c(C)c-3oc2c1.Cc1ccc2c(-c3ccccc3C(=O)[O-])c3ccc(=O)c(C)c-3oc2c1C. The first-order valence-electron chi connectivity index (χ1n) is 35.5. The number of carboxylic acid groups (broad SMARTS) is 4. The van der Waals surface area contributed by atoms with Crippen LogP contribution in [0.3, 0.4) is 0 Å². The average Bonchev–Trinajstić information content (AvgIpc) is 0.743. The van der Waals surface area contributed by atoms with Crippen LogP contribution in [0.5, 0.6) is 0 Å². The lowest BCUT2D eigenvalue weighted by molar-refractivity contribution is -0.256. The van der Waals surface area contributed by atoms with E-state index >= 15 is 0 Å². The molecule has 0 fully saturated rings. The van der Waals surface area contributed by atoms with Crippen molar-refractivity contribution in [1.82, 2.24) is 0 Å². The van der Waals surface area contributed by atoms with Gasteiger partial charge >= 0.3 is 0 Å². The highest BCUT2D eigenvalue weighted by Crippen LogP contribution is 2.49. The predicted octanol–water partition coefficient (Wildman–Crippen LogP) is 16.0. The maximum atomic E-state index is 12.5. The number of carboxylic acids is 4. The first kappa shape index (κ1) is 74.7. The van der Waals surface area contributed by atoms with Gasteiger partial charge in [-0.1, -0.05) is 140 Å². The fourth-order valence-corrected chi connectivity index (χ4v) is 14.9. The Labute approximate surface area is 631 Å². The lowest BCUT2D eigenvalue weighted by Gasteiger charge is -2.23. The molecule has 0 unspecified atom stereocenters. The second-order valence-electron chi connectivity index (χ2n) is 28.0. The summed E-state index contributed by atoms with van der Waals surface area (Å²) in [6.45, 7) is 26.4. The summed E-state index contributed by atoms with van der Waals surface area (Å²) in [4.78, 5) is 96.2. The number of rotatable bonds is 8. The standard InChI is InChI=1S/C25H22O4.C24H20O4.C23H18O4.C22H16O4/c1-12-10-13(2)20-22(17-8-6-7-9-18(17)25(27)28)21-14(3)11-19(26)16(5)24(21)29-23(20)15(12)4;1-12-9-10-18-21(16-7-5-6-8-17(16)24(26)27)20-13(2)11-19(25)15(4)23(20)28-22(18)14(12)3;1-12-8-9-17-20(15-6-4-5-7-16(15)23(25)26)18-10-11-19(24)14(3)22(18)27-21(17)13(12)2;1-12-7-8-16-19(11-12)26-21-13(2)18(23)10-9-17(21)20(16)14-5-3-4-6-15(14)22(24)25/h6-11H,1-5H3,(H,27,28);5-11H,1-4H3,(H,26,27);4-11H,1-3H3,(H,25,26);3-11H,1-2H3,(H,24,25)/p-4. The Balaban J connectivity index is 0.000000129. The Kier molecular flexibility index (Phi) is 19.9. The van der Waals surface area contributed by atoms with Gasteiger partial charge < -0.3 is 57.3 Å². The molecule has 0 aromatic heterocycles. The highest BCUT2D eigenvalue weighted by Gasteiger charge is 2.30. The van der Waals surface area contributed by atoms with Gasteiger partial charge in [0.15, 0.2) is 21.7 Å². The lowest BCUT2D eigenvalue weighted by atomic mass is 9.85. The van der Waals surface area contributed by atoms with Crippen molar-refractivity contribution in [3.05, 3.63) is 323 Å². The largest absolute Gasteiger partial charge is 0.545 e. The van der Waals surface area contributed by atoms with Crippen molar-refractivity contribution in [2.75, 3.05) is 0 Å². The molecule has 16 nitrogen and oxygen atoms in total. The third kappa shape index (κ3) is 13.0. The normalized spacial score (nSPS) is 11.3. The van der Waals surface area contributed by atoms with Gasteiger partial charge in [0.25, 0.3) is 0 Å². The summed E-state index contributed by atoms with van der Waals surface area (Å²) in [6.07, 6.45) is 0. The summed E-state index contributed by atoms with van der Waals surface area (Å²) in [7, 11) is 0. The fourth-order valence-electron chi connectivity index (χ4n) is 14.9. The van der Waals surface area contributed by atoms with Gasteiger partial charge in [-0.25, -0.2) is 0 Å². The molecule has 0 spiro atoms. The van der Waals surface area contributed by atoms with Gasteiger partial charge in [-0.2, -0.15) is 0 Å². The molecule has 0 atom stereocenters. The second-order valence-corrected chi connectivity index (χ2v) is 28.0. The average molecular weight is 1460 g/mol.